The third kappa shape index (κ3) is 4.33. The molecule has 1 atom stereocenters. The van der Waals surface area contributed by atoms with E-state index in [1.54, 1.807) is 11.3 Å². The van der Waals surface area contributed by atoms with E-state index in [0.717, 1.165) is 40.5 Å². The Hall–Kier alpha value is -2.47. The van der Waals surface area contributed by atoms with Crippen molar-refractivity contribution in [2.24, 2.45) is 5.92 Å². The Morgan fingerprint density at radius 2 is 1.70 bits per heavy atom. The Kier molecular flexibility index (Phi) is 6.32. The van der Waals surface area contributed by atoms with Gasteiger partial charge in [0.25, 0.3) is 0 Å². The molecule has 154 valence electrons. The monoisotopic (exact) mass is 436 g/mol. The molecule has 1 saturated heterocycles. The molecular formula is C24H25ClN4S. The molecule has 1 aliphatic rings. The van der Waals surface area contributed by atoms with E-state index in [0.29, 0.717) is 5.92 Å². The lowest BCUT2D eigenvalue weighted by atomic mass is 10.1. The van der Waals surface area contributed by atoms with Gasteiger partial charge in [0.2, 0.25) is 0 Å². The normalized spacial score (nSPS) is 16.5. The highest BCUT2D eigenvalue weighted by atomic mass is 35.5. The topological polar surface area (TPSA) is 41.0 Å². The van der Waals surface area contributed by atoms with Gasteiger partial charge in [0, 0.05) is 23.5 Å². The summed E-state index contributed by atoms with van der Waals surface area (Å²) in [5, 5.41) is 4.76. The predicted molar refractivity (Wildman–Crippen MR) is 130 cm³/mol. The molecule has 4 nitrogen and oxygen atoms in total. The van der Waals surface area contributed by atoms with Crippen LogP contribution in [0.2, 0.25) is 0 Å². The van der Waals surface area contributed by atoms with Crippen molar-refractivity contribution in [3.63, 3.8) is 0 Å². The van der Waals surface area contributed by atoms with E-state index < -0.39 is 0 Å². The lowest BCUT2D eigenvalue weighted by molar-refractivity contribution is 0.399. The third-order valence-electron chi connectivity index (χ3n) is 5.53. The van der Waals surface area contributed by atoms with E-state index in [9.17, 15) is 0 Å². The van der Waals surface area contributed by atoms with Crippen LogP contribution in [0.4, 0.5) is 5.82 Å². The van der Waals surface area contributed by atoms with Gasteiger partial charge in [0.15, 0.2) is 5.82 Å². The maximum atomic E-state index is 4.93. The number of hydrogen-bond donors (Lipinski definition) is 1. The molecule has 0 amide bonds. The smallest absolute Gasteiger partial charge is 0.163 e. The molecule has 1 unspecified atom stereocenters. The van der Waals surface area contributed by atoms with Crippen LogP contribution in [0.15, 0.2) is 66.7 Å². The van der Waals surface area contributed by atoms with Crippen LogP contribution in [-0.2, 0) is 0 Å². The zero-order valence-corrected chi connectivity index (χ0v) is 18.5. The number of halogens is 1. The summed E-state index contributed by atoms with van der Waals surface area (Å²) in [4.78, 5) is 14.5. The van der Waals surface area contributed by atoms with Gasteiger partial charge in [-0.05, 0) is 37.6 Å². The van der Waals surface area contributed by atoms with E-state index in [-0.39, 0.29) is 12.4 Å². The van der Waals surface area contributed by atoms with Crippen LogP contribution < -0.4 is 5.32 Å². The van der Waals surface area contributed by atoms with E-state index in [2.05, 4.69) is 65.8 Å². The third-order valence-corrected chi connectivity index (χ3v) is 6.61. The first-order chi connectivity index (χ1) is 14.3. The molecular weight excluding hydrogens is 412 g/mol. The summed E-state index contributed by atoms with van der Waals surface area (Å²) in [5.41, 5.74) is 2.27. The van der Waals surface area contributed by atoms with Crippen molar-refractivity contribution >= 4 is 39.8 Å². The molecule has 30 heavy (non-hydrogen) atoms. The Morgan fingerprint density at radius 3 is 2.37 bits per heavy atom. The van der Waals surface area contributed by atoms with Crippen LogP contribution in [0.25, 0.3) is 32.0 Å². The van der Waals surface area contributed by atoms with E-state index in [4.69, 9.17) is 9.97 Å². The Labute approximate surface area is 187 Å². The molecule has 6 heteroatoms. The van der Waals surface area contributed by atoms with E-state index >= 15 is 0 Å². The van der Waals surface area contributed by atoms with Gasteiger partial charge in [0.1, 0.15) is 10.6 Å². The number of fused-ring (bicyclic) bond motifs is 1. The first kappa shape index (κ1) is 20.8. The van der Waals surface area contributed by atoms with Crippen molar-refractivity contribution < 1.29 is 0 Å². The van der Waals surface area contributed by atoms with Crippen molar-refractivity contribution in [2.45, 2.75) is 6.42 Å². The number of hydrogen-bond acceptors (Lipinski definition) is 5. The zero-order valence-electron chi connectivity index (χ0n) is 16.9. The number of anilines is 1. The Morgan fingerprint density at radius 1 is 1.00 bits per heavy atom. The van der Waals surface area contributed by atoms with Crippen molar-refractivity contribution in [3.05, 3.63) is 66.7 Å². The van der Waals surface area contributed by atoms with Gasteiger partial charge in [-0.3, -0.25) is 0 Å². The highest BCUT2D eigenvalue weighted by Crippen LogP contribution is 2.36. The summed E-state index contributed by atoms with van der Waals surface area (Å²) in [6.07, 6.45) is 1.24. The minimum absolute atomic E-state index is 0. The average molecular weight is 437 g/mol. The first-order valence-corrected chi connectivity index (χ1v) is 10.9. The van der Waals surface area contributed by atoms with Gasteiger partial charge in [-0.2, -0.15) is 0 Å². The summed E-state index contributed by atoms with van der Waals surface area (Å²) >= 11 is 1.73. The Bertz CT molecular complexity index is 1110. The second-order valence-electron chi connectivity index (χ2n) is 7.76. The van der Waals surface area contributed by atoms with Crippen LogP contribution in [0.3, 0.4) is 0 Å². The fourth-order valence-corrected chi connectivity index (χ4v) is 4.99. The summed E-state index contributed by atoms with van der Waals surface area (Å²) < 4.78 is 0. The van der Waals surface area contributed by atoms with Crippen LogP contribution in [0.1, 0.15) is 6.42 Å². The lowest BCUT2D eigenvalue weighted by Crippen LogP contribution is -2.19. The minimum atomic E-state index is 0. The second-order valence-corrected chi connectivity index (χ2v) is 8.79. The summed E-state index contributed by atoms with van der Waals surface area (Å²) in [6, 6.07) is 23.0. The number of aromatic nitrogens is 2. The van der Waals surface area contributed by atoms with Crippen molar-refractivity contribution in [1.29, 1.82) is 0 Å². The number of thiophene rings is 1. The van der Waals surface area contributed by atoms with Gasteiger partial charge in [-0.15, -0.1) is 23.7 Å². The molecule has 2 aromatic carbocycles. The molecule has 3 heterocycles. The fourth-order valence-electron chi connectivity index (χ4n) is 3.95. The van der Waals surface area contributed by atoms with Crippen LogP contribution >= 0.6 is 23.7 Å². The molecule has 0 saturated carbocycles. The largest absolute Gasteiger partial charge is 0.369 e. The molecule has 0 aliphatic carbocycles. The van der Waals surface area contributed by atoms with Gasteiger partial charge in [-0.1, -0.05) is 60.7 Å². The number of nitrogens with zero attached hydrogens (tertiary/aromatic N) is 3. The molecule has 1 N–H and O–H groups in total. The fraction of sp³-hybridized carbons (Fsp3) is 0.250. The van der Waals surface area contributed by atoms with Gasteiger partial charge in [0.05, 0.1) is 5.39 Å². The predicted octanol–water partition coefficient (Wildman–Crippen LogP) is 5.81. The number of benzene rings is 2. The maximum Gasteiger partial charge on any atom is 0.163 e. The minimum Gasteiger partial charge on any atom is -0.369 e. The lowest BCUT2D eigenvalue weighted by Gasteiger charge is -2.13. The van der Waals surface area contributed by atoms with E-state index in [1.807, 2.05) is 18.2 Å². The van der Waals surface area contributed by atoms with Gasteiger partial charge >= 0.3 is 0 Å². The zero-order chi connectivity index (χ0) is 19.6. The SMILES string of the molecule is CN1CCC(CNc2nc(-c3ccccc3)nc3sc(-c4ccccc4)cc23)C1.Cl. The molecule has 1 aliphatic heterocycles. The maximum absolute atomic E-state index is 4.93. The molecule has 2 aromatic heterocycles. The van der Waals surface area contributed by atoms with Crippen molar-refractivity contribution in [2.75, 3.05) is 32.0 Å². The second kappa shape index (κ2) is 9.13. The first-order valence-electron chi connectivity index (χ1n) is 10.1. The van der Waals surface area contributed by atoms with E-state index in [1.165, 1.54) is 23.4 Å². The number of nitrogens with one attached hydrogen (secondary N) is 1. The standard InChI is InChI=1S/C24H24N4S.ClH/c1-28-13-12-17(16-28)15-25-23-20-14-21(18-8-4-2-5-9-18)29-24(20)27-22(26-23)19-10-6-3-7-11-19;/h2-11,14,17H,12-13,15-16H2,1H3,(H,25,26,27);1H. The quantitative estimate of drug-likeness (QED) is 0.428. The summed E-state index contributed by atoms with van der Waals surface area (Å²) in [5.74, 6) is 2.39. The average Bonchev–Trinajstić information content (AvgIpc) is 3.39. The molecule has 4 aromatic rings. The van der Waals surface area contributed by atoms with Crippen LogP contribution in [-0.4, -0.2) is 41.5 Å². The van der Waals surface area contributed by atoms with Crippen molar-refractivity contribution in [1.82, 2.24) is 14.9 Å². The Balaban J connectivity index is 0.00000218. The molecule has 5 rings (SSSR count). The summed E-state index contributed by atoms with van der Waals surface area (Å²) in [7, 11) is 2.20. The molecule has 0 radical (unpaired) electrons. The number of likely N-dealkylation sites (tertiary alicyclic amines) is 1. The van der Waals surface area contributed by atoms with Crippen LogP contribution in [0.5, 0.6) is 0 Å². The molecule has 0 spiro atoms. The van der Waals surface area contributed by atoms with Gasteiger partial charge < -0.3 is 10.2 Å². The summed E-state index contributed by atoms with van der Waals surface area (Å²) in [6.45, 7) is 3.27. The van der Waals surface area contributed by atoms with Gasteiger partial charge in [-0.25, -0.2) is 9.97 Å². The molecule has 1 fully saturated rings. The highest BCUT2D eigenvalue weighted by Gasteiger charge is 2.20. The molecule has 0 bridgehead atoms. The number of rotatable bonds is 5. The highest BCUT2D eigenvalue weighted by molar-refractivity contribution is 7.21. The van der Waals surface area contributed by atoms with Crippen LogP contribution in [0, 0.1) is 5.92 Å². The van der Waals surface area contributed by atoms with Crippen molar-refractivity contribution in [3.8, 4) is 21.8 Å².